The first-order chi connectivity index (χ1) is 9.67. The summed E-state index contributed by atoms with van der Waals surface area (Å²) in [6.45, 7) is 11.7. The van der Waals surface area contributed by atoms with Crippen molar-refractivity contribution in [1.82, 2.24) is 10.2 Å². The lowest BCUT2D eigenvalue weighted by molar-refractivity contribution is -0.0704. The first kappa shape index (κ1) is 15.5. The molecule has 1 aromatic carbocycles. The Hall–Kier alpha value is -0.900. The van der Waals surface area contributed by atoms with Gasteiger partial charge in [0.15, 0.2) is 0 Å². The molecule has 20 heavy (non-hydrogen) atoms. The maximum absolute atomic E-state index is 5.78. The fraction of sp³-hybridized carbons (Fsp3) is 0.647. The molecule has 0 unspecified atom stereocenters. The summed E-state index contributed by atoms with van der Waals surface area (Å²) in [7, 11) is 0. The lowest BCUT2D eigenvalue weighted by atomic mass is 10.1. The zero-order chi connectivity index (χ0) is 14.4. The van der Waals surface area contributed by atoms with Crippen LogP contribution in [0, 0.1) is 0 Å². The fourth-order valence-corrected chi connectivity index (χ4v) is 2.84. The topological polar surface area (TPSA) is 24.5 Å². The number of morpholine rings is 1. The highest BCUT2D eigenvalue weighted by molar-refractivity contribution is 5.22. The third kappa shape index (κ3) is 4.89. The van der Waals surface area contributed by atoms with Crippen molar-refractivity contribution in [3.8, 4) is 0 Å². The molecular weight excluding hydrogens is 248 g/mol. The summed E-state index contributed by atoms with van der Waals surface area (Å²) in [6.07, 6.45) is 1.87. The van der Waals surface area contributed by atoms with E-state index in [4.69, 9.17) is 4.74 Å². The van der Waals surface area contributed by atoms with Crippen molar-refractivity contribution in [1.29, 1.82) is 0 Å². The van der Waals surface area contributed by atoms with Crippen LogP contribution in [0.5, 0.6) is 0 Å². The predicted molar refractivity (Wildman–Crippen MR) is 83.7 cm³/mol. The Morgan fingerprint density at radius 2 is 1.70 bits per heavy atom. The summed E-state index contributed by atoms with van der Waals surface area (Å²) in [6, 6.07) is 9.00. The average Bonchev–Trinajstić information content (AvgIpc) is 2.40. The van der Waals surface area contributed by atoms with Crippen molar-refractivity contribution in [2.45, 2.75) is 52.5 Å². The standard InChI is InChI=1S/C17H28N2O/c1-4-9-18-10-16-5-7-17(8-6-16)13-19-11-14(2)20-15(3)12-19/h5-8,14-15,18H,4,9-13H2,1-3H3/t14-,15+. The number of rotatable bonds is 6. The lowest BCUT2D eigenvalue weighted by Gasteiger charge is -2.35. The zero-order valence-electron chi connectivity index (χ0n) is 13.1. The van der Waals surface area contributed by atoms with E-state index in [9.17, 15) is 0 Å². The van der Waals surface area contributed by atoms with Crippen molar-refractivity contribution < 1.29 is 4.74 Å². The zero-order valence-corrected chi connectivity index (χ0v) is 13.1. The van der Waals surface area contributed by atoms with Crippen LogP contribution in [-0.2, 0) is 17.8 Å². The van der Waals surface area contributed by atoms with Crippen molar-refractivity contribution in [2.75, 3.05) is 19.6 Å². The number of nitrogens with zero attached hydrogens (tertiary/aromatic N) is 1. The van der Waals surface area contributed by atoms with E-state index in [0.717, 1.165) is 32.7 Å². The largest absolute Gasteiger partial charge is 0.373 e. The molecule has 2 rings (SSSR count). The van der Waals surface area contributed by atoms with E-state index >= 15 is 0 Å². The maximum atomic E-state index is 5.78. The quantitative estimate of drug-likeness (QED) is 0.809. The molecule has 0 aliphatic carbocycles. The lowest BCUT2D eigenvalue weighted by Crippen LogP contribution is -2.44. The smallest absolute Gasteiger partial charge is 0.0678 e. The van der Waals surface area contributed by atoms with Crippen molar-refractivity contribution in [2.24, 2.45) is 0 Å². The molecule has 0 spiro atoms. The molecule has 0 amide bonds. The van der Waals surface area contributed by atoms with Gasteiger partial charge in [-0.15, -0.1) is 0 Å². The van der Waals surface area contributed by atoms with E-state index in [1.54, 1.807) is 0 Å². The minimum absolute atomic E-state index is 0.344. The molecule has 1 aliphatic heterocycles. The minimum Gasteiger partial charge on any atom is -0.373 e. The monoisotopic (exact) mass is 276 g/mol. The predicted octanol–water partition coefficient (Wildman–Crippen LogP) is 2.80. The van der Waals surface area contributed by atoms with Crippen LogP contribution >= 0.6 is 0 Å². The first-order valence-corrected chi connectivity index (χ1v) is 7.83. The van der Waals surface area contributed by atoms with Crippen LogP contribution in [0.3, 0.4) is 0 Å². The second-order valence-corrected chi connectivity index (χ2v) is 5.94. The van der Waals surface area contributed by atoms with E-state index in [1.807, 2.05) is 0 Å². The van der Waals surface area contributed by atoms with Gasteiger partial charge in [-0.3, -0.25) is 4.90 Å². The summed E-state index contributed by atoms with van der Waals surface area (Å²) in [5.41, 5.74) is 2.76. The van der Waals surface area contributed by atoms with Crippen LogP contribution in [0.15, 0.2) is 24.3 Å². The van der Waals surface area contributed by atoms with Crippen LogP contribution in [0.4, 0.5) is 0 Å². The molecular formula is C17H28N2O. The molecule has 1 heterocycles. The van der Waals surface area contributed by atoms with Gasteiger partial charge in [-0.25, -0.2) is 0 Å². The molecule has 3 heteroatoms. The van der Waals surface area contributed by atoms with E-state index in [2.05, 4.69) is 55.3 Å². The number of ether oxygens (including phenoxy) is 1. The van der Waals surface area contributed by atoms with Crippen molar-refractivity contribution >= 4 is 0 Å². The Bertz CT molecular complexity index is 380. The highest BCUT2D eigenvalue weighted by Gasteiger charge is 2.21. The van der Waals surface area contributed by atoms with E-state index in [1.165, 1.54) is 17.5 Å². The van der Waals surface area contributed by atoms with Gasteiger partial charge in [-0.2, -0.15) is 0 Å². The highest BCUT2D eigenvalue weighted by Crippen LogP contribution is 2.14. The number of hydrogen-bond donors (Lipinski definition) is 1. The number of nitrogens with one attached hydrogen (secondary N) is 1. The van der Waals surface area contributed by atoms with Crippen molar-refractivity contribution in [3.63, 3.8) is 0 Å². The van der Waals surface area contributed by atoms with Gasteiger partial charge >= 0.3 is 0 Å². The van der Waals surface area contributed by atoms with Crippen LogP contribution < -0.4 is 5.32 Å². The summed E-state index contributed by atoms with van der Waals surface area (Å²) >= 11 is 0. The molecule has 0 bridgehead atoms. The molecule has 3 nitrogen and oxygen atoms in total. The van der Waals surface area contributed by atoms with E-state index in [-0.39, 0.29) is 0 Å². The van der Waals surface area contributed by atoms with Gasteiger partial charge < -0.3 is 10.1 Å². The Morgan fingerprint density at radius 3 is 2.30 bits per heavy atom. The SMILES string of the molecule is CCCNCc1ccc(CN2C[C@@H](C)O[C@@H](C)C2)cc1. The molecule has 0 radical (unpaired) electrons. The molecule has 1 aromatic rings. The molecule has 1 aliphatic rings. The van der Waals surface area contributed by atoms with Gasteiger partial charge in [0, 0.05) is 26.2 Å². The number of benzene rings is 1. The second-order valence-electron chi connectivity index (χ2n) is 5.94. The van der Waals surface area contributed by atoms with Crippen molar-refractivity contribution in [3.05, 3.63) is 35.4 Å². The first-order valence-electron chi connectivity index (χ1n) is 7.83. The average molecular weight is 276 g/mol. The Morgan fingerprint density at radius 1 is 1.10 bits per heavy atom. The molecule has 0 aromatic heterocycles. The molecule has 2 atom stereocenters. The Labute approximate surface area is 123 Å². The molecule has 1 saturated heterocycles. The van der Waals surface area contributed by atoms with Gasteiger partial charge in [0.25, 0.3) is 0 Å². The second kappa shape index (κ2) is 7.77. The summed E-state index contributed by atoms with van der Waals surface area (Å²) < 4.78 is 5.78. The van der Waals surface area contributed by atoms with Crippen LogP contribution in [0.1, 0.15) is 38.3 Å². The third-order valence-electron chi connectivity index (χ3n) is 3.68. The fourth-order valence-electron chi connectivity index (χ4n) is 2.84. The van der Waals surface area contributed by atoms with Gasteiger partial charge in [-0.1, -0.05) is 31.2 Å². The van der Waals surface area contributed by atoms with Crippen LogP contribution in [0.25, 0.3) is 0 Å². The van der Waals surface area contributed by atoms with Gasteiger partial charge in [0.05, 0.1) is 12.2 Å². The Balaban J connectivity index is 1.83. The van der Waals surface area contributed by atoms with E-state index in [0.29, 0.717) is 12.2 Å². The van der Waals surface area contributed by atoms with Crippen LogP contribution in [-0.4, -0.2) is 36.7 Å². The minimum atomic E-state index is 0.344. The highest BCUT2D eigenvalue weighted by atomic mass is 16.5. The Kier molecular flexibility index (Phi) is 6.02. The molecule has 0 saturated carbocycles. The summed E-state index contributed by atoms with van der Waals surface area (Å²) in [5.74, 6) is 0. The molecule has 112 valence electrons. The molecule has 1 N–H and O–H groups in total. The van der Waals surface area contributed by atoms with Gasteiger partial charge in [0.2, 0.25) is 0 Å². The van der Waals surface area contributed by atoms with Crippen LogP contribution in [0.2, 0.25) is 0 Å². The van der Waals surface area contributed by atoms with Gasteiger partial charge in [0.1, 0.15) is 0 Å². The molecule has 1 fully saturated rings. The van der Waals surface area contributed by atoms with Gasteiger partial charge in [-0.05, 0) is 37.9 Å². The van der Waals surface area contributed by atoms with E-state index < -0.39 is 0 Å². The number of hydrogen-bond acceptors (Lipinski definition) is 3. The normalized spacial score (nSPS) is 23.9. The maximum Gasteiger partial charge on any atom is 0.0678 e. The summed E-state index contributed by atoms with van der Waals surface area (Å²) in [5, 5.41) is 3.44. The summed E-state index contributed by atoms with van der Waals surface area (Å²) in [4.78, 5) is 2.49. The third-order valence-corrected chi connectivity index (χ3v) is 3.68.